The number of carbonyl (C=O) groups excluding carboxylic acids is 1. The number of esters is 1. The number of rotatable bonds is 3. The van der Waals surface area contributed by atoms with Gasteiger partial charge in [0, 0.05) is 19.3 Å². The highest BCUT2D eigenvalue weighted by Gasteiger charge is 2.31. The van der Waals surface area contributed by atoms with Gasteiger partial charge in [0.2, 0.25) is 0 Å². The topological polar surface area (TPSA) is 47.6 Å². The maximum Gasteiger partial charge on any atom is 0.325 e. The number of hydrogen-bond donors (Lipinski definition) is 1. The van der Waals surface area contributed by atoms with E-state index in [4.69, 9.17) is 9.47 Å². The highest BCUT2D eigenvalue weighted by molar-refractivity contribution is 5.79. The molecule has 1 fully saturated rings. The second kappa shape index (κ2) is 7.63. The number of nitrogens with one attached hydrogen (secondary N) is 1. The molecule has 0 aromatic heterocycles. The first kappa shape index (κ1) is 15.4. The van der Waals surface area contributed by atoms with E-state index >= 15 is 0 Å². The van der Waals surface area contributed by atoms with E-state index in [9.17, 15) is 4.79 Å². The SMILES string of the molecule is CC.COC(=O)C(C)(C)NC1CCOCC1. The van der Waals surface area contributed by atoms with E-state index in [1.165, 1.54) is 7.11 Å². The summed E-state index contributed by atoms with van der Waals surface area (Å²) in [5, 5.41) is 3.29. The molecule has 0 saturated carbocycles. The highest BCUT2D eigenvalue weighted by Crippen LogP contribution is 2.12. The molecule has 0 atom stereocenters. The van der Waals surface area contributed by atoms with Gasteiger partial charge in [0.15, 0.2) is 0 Å². The third-order valence-corrected chi connectivity index (χ3v) is 2.48. The lowest BCUT2D eigenvalue weighted by molar-refractivity contribution is -0.147. The van der Waals surface area contributed by atoms with Crippen molar-refractivity contribution in [3.05, 3.63) is 0 Å². The quantitative estimate of drug-likeness (QED) is 0.751. The molecule has 0 radical (unpaired) electrons. The number of ether oxygens (including phenoxy) is 2. The van der Waals surface area contributed by atoms with Gasteiger partial charge in [0.05, 0.1) is 7.11 Å². The minimum atomic E-state index is -0.600. The summed E-state index contributed by atoms with van der Waals surface area (Å²) in [6.07, 6.45) is 1.92. The number of methoxy groups -OCH3 is 1. The van der Waals surface area contributed by atoms with Crippen LogP contribution in [0, 0.1) is 0 Å². The van der Waals surface area contributed by atoms with Crippen molar-refractivity contribution >= 4 is 5.97 Å². The fourth-order valence-electron chi connectivity index (χ4n) is 1.67. The predicted octanol–water partition coefficient (Wildman–Crippen LogP) is 1.73. The van der Waals surface area contributed by atoms with Crippen LogP contribution in [0.15, 0.2) is 0 Å². The minimum absolute atomic E-state index is 0.219. The Kier molecular flexibility index (Phi) is 7.34. The molecule has 0 aliphatic carbocycles. The largest absolute Gasteiger partial charge is 0.468 e. The molecule has 4 heteroatoms. The smallest absolute Gasteiger partial charge is 0.325 e. The summed E-state index contributed by atoms with van der Waals surface area (Å²) in [4.78, 5) is 11.4. The van der Waals surface area contributed by atoms with Crippen LogP contribution < -0.4 is 5.32 Å². The van der Waals surface area contributed by atoms with E-state index in [1.807, 2.05) is 27.7 Å². The van der Waals surface area contributed by atoms with Crippen LogP contribution >= 0.6 is 0 Å². The maximum absolute atomic E-state index is 11.4. The molecule has 1 heterocycles. The molecule has 0 aromatic rings. The van der Waals surface area contributed by atoms with E-state index < -0.39 is 5.54 Å². The van der Waals surface area contributed by atoms with Crippen molar-refractivity contribution < 1.29 is 14.3 Å². The third kappa shape index (κ3) is 4.94. The van der Waals surface area contributed by atoms with Crippen LogP contribution in [0.3, 0.4) is 0 Å². The molecule has 0 spiro atoms. The van der Waals surface area contributed by atoms with Gasteiger partial charge in [0.1, 0.15) is 5.54 Å². The molecule has 0 unspecified atom stereocenters. The highest BCUT2D eigenvalue weighted by atomic mass is 16.5. The molecule has 1 saturated heterocycles. The Balaban J connectivity index is 0.00000106. The summed E-state index contributed by atoms with van der Waals surface area (Å²) in [6, 6.07) is 0.359. The van der Waals surface area contributed by atoms with E-state index in [1.54, 1.807) is 0 Å². The van der Waals surface area contributed by atoms with Crippen LogP contribution in [0.5, 0.6) is 0 Å². The summed E-state index contributed by atoms with van der Waals surface area (Å²) in [5.41, 5.74) is -0.600. The molecule has 4 nitrogen and oxygen atoms in total. The molecule has 1 rings (SSSR count). The Hall–Kier alpha value is -0.610. The standard InChI is InChI=1S/C10H19NO3.C2H6/c1-10(2,9(12)13-3)11-8-4-6-14-7-5-8;1-2/h8,11H,4-7H2,1-3H3;1-2H3. The zero-order chi connectivity index (χ0) is 12.6. The Bertz CT molecular complexity index is 198. The van der Waals surface area contributed by atoms with Crippen molar-refractivity contribution in [2.45, 2.75) is 52.1 Å². The molecule has 0 aromatic carbocycles. The van der Waals surface area contributed by atoms with Gasteiger partial charge in [-0.1, -0.05) is 13.8 Å². The first-order chi connectivity index (χ1) is 7.56. The van der Waals surface area contributed by atoms with Crippen LogP contribution in [-0.4, -0.2) is 37.9 Å². The zero-order valence-corrected chi connectivity index (χ0v) is 11.1. The molecule has 0 amide bonds. The van der Waals surface area contributed by atoms with E-state index in [0.29, 0.717) is 6.04 Å². The summed E-state index contributed by atoms with van der Waals surface area (Å²) < 4.78 is 9.97. The van der Waals surface area contributed by atoms with Crippen LogP contribution in [0.1, 0.15) is 40.5 Å². The van der Waals surface area contributed by atoms with Gasteiger partial charge >= 0.3 is 5.97 Å². The molecular formula is C12H25NO3. The van der Waals surface area contributed by atoms with Crippen molar-refractivity contribution in [2.75, 3.05) is 20.3 Å². The van der Waals surface area contributed by atoms with Gasteiger partial charge in [-0.3, -0.25) is 10.1 Å². The minimum Gasteiger partial charge on any atom is -0.468 e. The normalized spacial score (nSPS) is 17.3. The number of carbonyl (C=O) groups is 1. The summed E-state index contributed by atoms with van der Waals surface area (Å²) in [6.45, 7) is 9.23. The second-order valence-corrected chi connectivity index (χ2v) is 4.15. The lowest BCUT2D eigenvalue weighted by Crippen LogP contribution is -2.53. The lowest BCUT2D eigenvalue weighted by atomic mass is 10.0. The Morgan fingerprint density at radius 1 is 1.31 bits per heavy atom. The maximum atomic E-state index is 11.4. The molecule has 1 aliphatic rings. The van der Waals surface area contributed by atoms with Crippen LogP contribution in [0.2, 0.25) is 0 Å². The third-order valence-electron chi connectivity index (χ3n) is 2.48. The van der Waals surface area contributed by atoms with Gasteiger partial charge in [-0.05, 0) is 26.7 Å². The van der Waals surface area contributed by atoms with Gasteiger partial charge < -0.3 is 9.47 Å². The van der Waals surface area contributed by atoms with E-state index in [2.05, 4.69) is 5.32 Å². The van der Waals surface area contributed by atoms with Gasteiger partial charge in [0.25, 0.3) is 0 Å². The molecule has 96 valence electrons. The average Bonchev–Trinajstić information content (AvgIpc) is 2.31. The van der Waals surface area contributed by atoms with Crippen molar-refractivity contribution in [1.29, 1.82) is 0 Å². The van der Waals surface area contributed by atoms with Crippen LogP contribution in [0.25, 0.3) is 0 Å². The zero-order valence-electron chi connectivity index (χ0n) is 11.1. The van der Waals surface area contributed by atoms with E-state index in [-0.39, 0.29) is 5.97 Å². The molecule has 1 N–H and O–H groups in total. The lowest BCUT2D eigenvalue weighted by Gasteiger charge is -2.31. The number of hydrogen-bond acceptors (Lipinski definition) is 4. The fourth-order valence-corrected chi connectivity index (χ4v) is 1.67. The first-order valence-corrected chi connectivity index (χ1v) is 6.00. The van der Waals surface area contributed by atoms with E-state index in [0.717, 1.165) is 26.1 Å². The van der Waals surface area contributed by atoms with Gasteiger partial charge in [-0.2, -0.15) is 0 Å². The second-order valence-electron chi connectivity index (χ2n) is 4.15. The Morgan fingerprint density at radius 3 is 2.25 bits per heavy atom. The van der Waals surface area contributed by atoms with Crippen molar-refractivity contribution in [3.63, 3.8) is 0 Å². The van der Waals surface area contributed by atoms with Crippen molar-refractivity contribution in [3.8, 4) is 0 Å². The monoisotopic (exact) mass is 231 g/mol. The van der Waals surface area contributed by atoms with Gasteiger partial charge in [-0.25, -0.2) is 0 Å². The summed E-state index contributed by atoms with van der Waals surface area (Å²) >= 11 is 0. The molecule has 16 heavy (non-hydrogen) atoms. The Morgan fingerprint density at radius 2 is 1.81 bits per heavy atom. The van der Waals surface area contributed by atoms with Crippen LogP contribution in [-0.2, 0) is 14.3 Å². The van der Waals surface area contributed by atoms with Crippen molar-refractivity contribution in [2.24, 2.45) is 0 Å². The molecule has 0 bridgehead atoms. The Labute approximate surface area is 98.7 Å². The summed E-state index contributed by atoms with van der Waals surface area (Å²) in [7, 11) is 1.41. The molecule has 1 aliphatic heterocycles. The fraction of sp³-hybridized carbons (Fsp3) is 0.917. The van der Waals surface area contributed by atoms with Gasteiger partial charge in [-0.15, -0.1) is 0 Å². The predicted molar refractivity (Wildman–Crippen MR) is 64.4 cm³/mol. The molecular weight excluding hydrogens is 206 g/mol. The summed E-state index contributed by atoms with van der Waals surface area (Å²) in [5.74, 6) is -0.219. The van der Waals surface area contributed by atoms with Crippen molar-refractivity contribution in [1.82, 2.24) is 5.32 Å². The average molecular weight is 231 g/mol. The first-order valence-electron chi connectivity index (χ1n) is 6.00. The van der Waals surface area contributed by atoms with Crippen LogP contribution in [0.4, 0.5) is 0 Å².